The number of ether oxygens (including phenoxy) is 1. The van der Waals surface area contributed by atoms with Gasteiger partial charge in [-0.2, -0.15) is 0 Å². The van der Waals surface area contributed by atoms with E-state index in [9.17, 15) is 9.59 Å². The van der Waals surface area contributed by atoms with E-state index in [0.29, 0.717) is 27.8 Å². The number of rotatable bonds is 4. The highest BCUT2D eigenvalue weighted by Crippen LogP contribution is 2.21. The average molecular weight is 351 g/mol. The molecular weight excluding hydrogens is 332 g/mol. The number of halogens is 1. The molecular formula is C17H19ClN2O4. The van der Waals surface area contributed by atoms with Crippen LogP contribution in [0.15, 0.2) is 28.7 Å². The van der Waals surface area contributed by atoms with Crippen LogP contribution in [0.4, 0.5) is 10.5 Å². The van der Waals surface area contributed by atoms with Gasteiger partial charge in [0, 0.05) is 17.8 Å². The highest BCUT2D eigenvalue weighted by Gasteiger charge is 2.18. The smallest absolute Gasteiger partial charge is 0.341 e. The molecule has 1 aromatic heterocycles. The lowest BCUT2D eigenvalue weighted by Crippen LogP contribution is -2.30. The van der Waals surface area contributed by atoms with Crippen LogP contribution >= 0.6 is 11.6 Å². The van der Waals surface area contributed by atoms with E-state index < -0.39 is 5.97 Å². The summed E-state index contributed by atoms with van der Waals surface area (Å²) >= 11 is 6.05. The Hall–Kier alpha value is -2.47. The summed E-state index contributed by atoms with van der Waals surface area (Å²) in [6, 6.07) is 6.56. The lowest BCUT2D eigenvalue weighted by molar-refractivity contribution is 0.0598. The van der Waals surface area contributed by atoms with Crippen molar-refractivity contribution >= 4 is 29.3 Å². The Balaban J connectivity index is 2.03. The van der Waals surface area contributed by atoms with Gasteiger partial charge in [-0.15, -0.1) is 0 Å². The van der Waals surface area contributed by atoms with Crippen molar-refractivity contribution in [3.63, 3.8) is 0 Å². The maximum Gasteiger partial charge on any atom is 0.341 e. The van der Waals surface area contributed by atoms with Crippen molar-refractivity contribution in [1.82, 2.24) is 4.90 Å². The molecule has 0 aliphatic heterocycles. The van der Waals surface area contributed by atoms with Crippen molar-refractivity contribution in [3.8, 4) is 0 Å². The number of carbonyl (C=O) groups excluding carboxylic acids is 2. The van der Waals surface area contributed by atoms with Gasteiger partial charge in [0.1, 0.15) is 17.1 Å². The second-order valence-electron chi connectivity index (χ2n) is 5.42. The lowest BCUT2D eigenvalue weighted by atomic mass is 10.2. The van der Waals surface area contributed by atoms with Crippen LogP contribution in [0, 0.1) is 13.8 Å². The van der Waals surface area contributed by atoms with Crippen molar-refractivity contribution in [2.45, 2.75) is 20.4 Å². The number of hydrogen-bond acceptors (Lipinski definition) is 4. The Morgan fingerprint density at radius 1 is 1.29 bits per heavy atom. The monoisotopic (exact) mass is 350 g/mol. The second kappa shape index (κ2) is 7.40. The number of anilines is 1. The average Bonchev–Trinajstić information content (AvgIpc) is 2.90. The van der Waals surface area contributed by atoms with Gasteiger partial charge in [-0.1, -0.05) is 17.7 Å². The summed E-state index contributed by atoms with van der Waals surface area (Å²) in [5, 5.41) is 3.34. The predicted molar refractivity (Wildman–Crippen MR) is 91.5 cm³/mol. The molecule has 0 bridgehead atoms. The van der Waals surface area contributed by atoms with E-state index in [0.717, 1.165) is 5.56 Å². The maximum absolute atomic E-state index is 12.2. The number of benzene rings is 1. The normalized spacial score (nSPS) is 10.4. The molecule has 0 unspecified atom stereocenters. The van der Waals surface area contributed by atoms with Gasteiger partial charge in [-0.3, -0.25) is 0 Å². The third kappa shape index (κ3) is 4.08. The Morgan fingerprint density at radius 2 is 2.00 bits per heavy atom. The van der Waals surface area contributed by atoms with E-state index in [1.807, 2.05) is 13.0 Å². The van der Waals surface area contributed by atoms with E-state index in [1.54, 1.807) is 32.2 Å². The fourth-order valence-corrected chi connectivity index (χ4v) is 2.31. The summed E-state index contributed by atoms with van der Waals surface area (Å²) in [6.07, 6.45) is 0. The first kappa shape index (κ1) is 17.9. The number of esters is 1. The summed E-state index contributed by atoms with van der Waals surface area (Å²) in [4.78, 5) is 25.3. The van der Waals surface area contributed by atoms with Gasteiger partial charge in [0.25, 0.3) is 0 Å². The Kier molecular flexibility index (Phi) is 5.51. The van der Waals surface area contributed by atoms with Crippen LogP contribution in [-0.4, -0.2) is 31.1 Å². The van der Waals surface area contributed by atoms with E-state index in [-0.39, 0.29) is 12.6 Å². The minimum Gasteiger partial charge on any atom is -0.465 e. The fraction of sp³-hybridized carbons (Fsp3) is 0.294. The highest BCUT2D eigenvalue weighted by atomic mass is 35.5. The zero-order valence-corrected chi connectivity index (χ0v) is 14.7. The standard InChI is InChI=1S/C17H19ClN2O4/c1-10-5-6-12(7-15(10)18)19-17(22)20(3)9-13-8-14(11(2)24-13)16(21)23-4/h5-8H,9H2,1-4H3,(H,19,22). The van der Waals surface area contributed by atoms with Crippen molar-refractivity contribution in [1.29, 1.82) is 0 Å². The molecule has 2 aromatic rings. The molecule has 2 amide bonds. The van der Waals surface area contributed by atoms with Crippen LogP contribution < -0.4 is 5.32 Å². The Morgan fingerprint density at radius 3 is 2.62 bits per heavy atom. The van der Waals surface area contributed by atoms with E-state index in [1.165, 1.54) is 12.0 Å². The number of nitrogens with zero attached hydrogens (tertiary/aromatic N) is 1. The summed E-state index contributed by atoms with van der Waals surface area (Å²) in [5.41, 5.74) is 1.89. The molecule has 2 rings (SSSR count). The molecule has 0 aliphatic rings. The molecule has 1 N–H and O–H groups in total. The molecule has 0 saturated heterocycles. The van der Waals surface area contributed by atoms with Crippen molar-refractivity contribution in [2.24, 2.45) is 0 Å². The Bertz CT molecular complexity index is 770. The fourth-order valence-electron chi connectivity index (χ4n) is 2.13. The molecule has 0 spiro atoms. The molecule has 0 radical (unpaired) electrons. The first-order chi connectivity index (χ1) is 11.3. The lowest BCUT2D eigenvalue weighted by Gasteiger charge is -2.17. The molecule has 1 aromatic carbocycles. The Labute approximate surface area is 145 Å². The van der Waals surface area contributed by atoms with Crippen LogP contribution in [0.25, 0.3) is 0 Å². The zero-order valence-electron chi connectivity index (χ0n) is 14.0. The predicted octanol–water partition coefficient (Wildman–Crippen LogP) is 4.00. The molecule has 0 fully saturated rings. The number of nitrogens with one attached hydrogen (secondary N) is 1. The number of amides is 2. The molecule has 7 heteroatoms. The summed E-state index contributed by atoms with van der Waals surface area (Å²) in [5.74, 6) is 0.479. The van der Waals surface area contributed by atoms with Crippen LogP contribution in [0.5, 0.6) is 0 Å². The summed E-state index contributed by atoms with van der Waals surface area (Å²) < 4.78 is 10.2. The second-order valence-corrected chi connectivity index (χ2v) is 5.83. The van der Waals surface area contributed by atoms with E-state index >= 15 is 0 Å². The summed E-state index contributed by atoms with van der Waals surface area (Å²) in [7, 11) is 2.93. The SMILES string of the molecule is COC(=O)c1cc(CN(C)C(=O)Nc2ccc(C)c(Cl)c2)oc1C. The van der Waals surface area contributed by atoms with Crippen molar-refractivity contribution < 1.29 is 18.7 Å². The van der Waals surface area contributed by atoms with Gasteiger partial charge >= 0.3 is 12.0 Å². The van der Waals surface area contributed by atoms with E-state index in [4.69, 9.17) is 16.0 Å². The number of hydrogen-bond donors (Lipinski definition) is 1. The zero-order chi connectivity index (χ0) is 17.9. The minimum absolute atomic E-state index is 0.212. The maximum atomic E-state index is 12.2. The molecule has 0 saturated carbocycles. The third-order valence-electron chi connectivity index (χ3n) is 3.54. The van der Waals surface area contributed by atoms with Crippen molar-refractivity contribution in [2.75, 3.05) is 19.5 Å². The highest BCUT2D eigenvalue weighted by molar-refractivity contribution is 6.31. The number of urea groups is 1. The van der Waals surface area contributed by atoms with Crippen LogP contribution in [0.1, 0.15) is 27.4 Å². The molecule has 128 valence electrons. The largest absolute Gasteiger partial charge is 0.465 e. The van der Waals surface area contributed by atoms with Crippen LogP contribution in [0.2, 0.25) is 5.02 Å². The molecule has 6 nitrogen and oxygen atoms in total. The van der Waals surface area contributed by atoms with Gasteiger partial charge in [-0.05, 0) is 37.6 Å². The van der Waals surface area contributed by atoms with Crippen LogP contribution in [-0.2, 0) is 11.3 Å². The number of furan rings is 1. The molecule has 0 aliphatic carbocycles. The quantitative estimate of drug-likeness (QED) is 0.846. The first-order valence-corrected chi connectivity index (χ1v) is 7.65. The van der Waals surface area contributed by atoms with E-state index in [2.05, 4.69) is 10.1 Å². The summed E-state index contributed by atoms with van der Waals surface area (Å²) in [6.45, 7) is 3.77. The molecule has 24 heavy (non-hydrogen) atoms. The van der Waals surface area contributed by atoms with Gasteiger partial charge < -0.3 is 19.4 Å². The number of aryl methyl sites for hydroxylation is 2. The van der Waals surface area contributed by atoms with Gasteiger partial charge in [0.05, 0.1) is 13.7 Å². The first-order valence-electron chi connectivity index (χ1n) is 7.27. The van der Waals surface area contributed by atoms with Crippen molar-refractivity contribution in [3.05, 3.63) is 51.9 Å². The molecule has 0 atom stereocenters. The van der Waals surface area contributed by atoms with Gasteiger partial charge in [0.2, 0.25) is 0 Å². The number of methoxy groups -OCH3 is 1. The topological polar surface area (TPSA) is 71.8 Å². The minimum atomic E-state index is -0.469. The van der Waals surface area contributed by atoms with Gasteiger partial charge in [0.15, 0.2) is 0 Å². The molecule has 1 heterocycles. The van der Waals surface area contributed by atoms with Crippen LogP contribution in [0.3, 0.4) is 0 Å². The number of carbonyl (C=O) groups is 2. The third-order valence-corrected chi connectivity index (χ3v) is 3.94. The van der Waals surface area contributed by atoms with Gasteiger partial charge in [-0.25, -0.2) is 9.59 Å².